The molecule has 2 N–H and O–H groups in total. The van der Waals surface area contributed by atoms with Crippen LogP contribution in [-0.4, -0.2) is 56.2 Å². The topological polar surface area (TPSA) is 71.7 Å². The first-order valence-corrected chi connectivity index (χ1v) is 6.28. The molecular weight excluding hydrogens is 244 g/mol. The Labute approximate surface area is 113 Å². The summed E-state index contributed by atoms with van der Waals surface area (Å²) in [6.45, 7) is 1.84. The van der Waals surface area contributed by atoms with E-state index in [0.717, 1.165) is 25.3 Å². The van der Waals surface area contributed by atoms with Gasteiger partial charge in [0.2, 0.25) is 0 Å². The van der Waals surface area contributed by atoms with Crippen molar-refractivity contribution in [3.8, 4) is 0 Å². The number of carbonyl (C=O) groups is 1. The van der Waals surface area contributed by atoms with Gasteiger partial charge >= 0.3 is 5.97 Å². The molecule has 1 aromatic rings. The number of ether oxygens (including phenoxy) is 1. The summed E-state index contributed by atoms with van der Waals surface area (Å²) in [5.74, 6) is 0.350. The largest absolute Gasteiger partial charge is 0.465 e. The molecular formula is C13H20N4O2. The zero-order valence-electron chi connectivity index (χ0n) is 11.6. The molecule has 6 nitrogen and oxygen atoms in total. The van der Waals surface area contributed by atoms with Crippen molar-refractivity contribution in [3.05, 3.63) is 17.8 Å². The predicted octanol–water partition coefficient (Wildman–Crippen LogP) is 0.591. The summed E-state index contributed by atoms with van der Waals surface area (Å²) in [5, 5.41) is 0. The highest BCUT2D eigenvalue weighted by atomic mass is 16.5. The van der Waals surface area contributed by atoms with Gasteiger partial charge in [0, 0.05) is 19.1 Å². The lowest BCUT2D eigenvalue weighted by Gasteiger charge is -2.21. The van der Waals surface area contributed by atoms with Gasteiger partial charge in [-0.3, -0.25) is 0 Å². The Morgan fingerprint density at radius 1 is 1.58 bits per heavy atom. The van der Waals surface area contributed by atoms with Crippen molar-refractivity contribution in [2.75, 3.05) is 44.9 Å². The SMILES string of the molecule is COC(=O)c1cc(N2CCC(N(C)C)C2)ncc1N. The van der Waals surface area contributed by atoms with Crippen LogP contribution < -0.4 is 10.6 Å². The quantitative estimate of drug-likeness (QED) is 0.806. The highest BCUT2D eigenvalue weighted by Gasteiger charge is 2.25. The van der Waals surface area contributed by atoms with Crippen LogP contribution in [0, 0.1) is 0 Å². The standard InChI is InChI=1S/C13H20N4O2/c1-16(2)9-4-5-17(8-9)12-6-10(13(18)19-3)11(14)7-15-12/h6-7,9H,4-5,8,14H2,1-3H3. The van der Waals surface area contributed by atoms with Crippen molar-refractivity contribution in [1.29, 1.82) is 0 Å². The molecule has 0 amide bonds. The molecule has 0 spiro atoms. The fourth-order valence-electron chi connectivity index (χ4n) is 2.29. The van der Waals surface area contributed by atoms with E-state index in [0.29, 0.717) is 17.3 Å². The summed E-state index contributed by atoms with van der Waals surface area (Å²) in [6.07, 6.45) is 2.61. The molecule has 1 aliphatic heterocycles. The van der Waals surface area contributed by atoms with Crippen LogP contribution in [0.3, 0.4) is 0 Å². The van der Waals surface area contributed by atoms with Crippen LogP contribution in [0.5, 0.6) is 0 Å². The van der Waals surface area contributed by atoms with E-state index in [1.807, 2.05) is 0 Å². The van der Waals surface area contributed by atoms with Crippen molar-refractivity contribution < 1.29 is 9.53 Å². The van der Waals surface area contributed by atoms with Crippen molar-refractivity contribution in [1.82, 2.24) is 9.88 Å². The fraction of sp³-hybridized carbons (Fsp3) is 0.538. The van der Waals surface area contributed by atoms with E-state index < -0.39 is 5.97 Å². The van der Waals surface area contributed by atoms with Crippen LogP contribution in [0.1, 0.15) is 16.8 Å². The van der Waals surface area contributed by atoms with Gasteiger partial charge in [0.25, 0.3) is 0 Å². The van der Waals surface area contributed by atoms with Crippen molar-refractivity contribution >= 4 is 17.5 Å². The van der Waals surface area contributed by atoms with Crippen molar-refractivity contribution in [2.45, 2.75) is 12.5 Å². The molecule has 19 heavy (non-hydrogen) atoms. The molecule has 0 aromatic carbocycles. The van der Waals surface area contributed by atoms with Gasteiger partial charge in [-0.2, -0.15) is 0 Å². The minimum absolute atomic E-state index is 0.346. The maximum Gasteiger partial charge on any atom is 0.340 e. The number of hydrogen-bond donors (Lipinski definition) is 1. The molecule has 1 fully saturated rings. The van der Waals surface area contributed by atoms with Crippen LogP contribution >= 0.6 is 0 Å². The number of pyridine rings is 1. The van der Waals surface area contributed by atoms with Crippen LogP contribution in [0.15, 0.2) is 12.3 Å². The summed E-state index contributed by atoms with van der Waals surface area (Å²) in [4.78, 5) is 20.3. The zero-order chi connectivity index (χ0) is 14.0. The number of nitrogens with zero attached hydrogens (tertiary/aromatic N) is 3. The number of nitrogen functional groups attached to an aromatic ring is 1. The van der Waals surface area contributed by atoms with E-state index in [-0.39, 0.29) is 0 Å². The first-order chi connectivity index (χ1) is 9.02. The maximum atomic E-state index is 11.6. The normalized spacial score (nSPS) is 18.9. The highest BCUT2D eigenvalue weighted by molar-refractivity contribution is 5.95. The molecule has 2 heterocycles. The van der Waals surface area contributed by atoms with Gasteiger partial charge < -0.3 is 20.3 Å². The molecule has 0 aliphatic carbocycles. The van der Waals surface area contributed by atoms with E-state index in [9.17, 15) is 4.79 Å². The molecule has 1 aliphatic rings. The Bertz CT molecular complexity index is 476. The number of methoxy groups -OCH3 is 1. The number of anilines is 2. The van der Waals surface area contributed by atoms with E-state index >= 15 is 0 Å². The third-order valence-electron chi connectivity index (χ3n) is 3.54. The lowest BCUT2D eigenvalue weighted by molar-refractivity contribution is 0.0602. The average molecular weight is 264 g/mol. The van der Waals surface area contributed by atoms with Gasteiger partial charge in [-0.15, -0.1) is 0 Å². The van der Waals surface area contributed by atoms with Gasteiger partial charge in [-0.1, -0.05) is 0 Å². The van der Waals surface area contributed by atoms with Gasteiger partial charge in [0.05, 0.1) is 24.6 Å². The summed E-state index contributed by atoms with van der Waals surface area (Å²) in [7, 11) is 5.49. The van der Waals surface area contributed by atoms with Gasteiger partial charge in [0.15, 0.2) is 0 Å². The van der Waals surface area contributed by atoms with E-state index in [1.165, 1.54) is 13.3 Å². The number of likely N-dealkylation sites (N-methyl/N-ethyl adjacent to an activating group) is 1. The Balaban J connectivity index is 2.20. The molecule has 0 radical (unpaired) electrons. The molecule has 1 saturated heterocycles. The van der Waals surface area contributed by atoms with Crippen LogP contribution in [0.2, 0.25) is 0 Å². The summed E-state index contributed by atoms with van der Waals surface area (Å²) in [5.41, 5.74) is 6.47. The second kappa shape index (κ2) is 5.44. The third-order valence-corrected chi connectivity index (χ3v) is 3.54. The molecule has 104 valence electrons. The van der Waals surface area contributed by atoms with Crippen LogP contribution in [0.25, 0.3) is 0 Å². The molecule has 0 saturated carbocycles. The smallest absolute Gasteiger partial charge is 0.340 e. The third kappa shape index (κ3) is 2.78. The predicted molar refractivity (Wildman–Crippen MR) is 74.3 cm³/mol. The van der Waals surface area contributed by atoms with E-state index in [2.05, 4.69) is 28.9 Å². The monoisotopic (exact) mass is 264 g/mol. The number of esters is 1. The van der Waals surface area contributed by atoms with Gasteiger partial charge in [-0.05, 0) is 26.6 Å². The summed E-state index contributed by atoms with van der Waals surface area (Å²) in [6, 6.07) is 2.22. The van der Waals surface area contributed by atoms with Crippen molar-refractivity contribution in [3.63, 3.8) is 0 Å². The van der Waals surface area contributed by atoms with Crippen LogP contribution in [0.4, 0.5) is 11.5 Å². The first-order valence-electron chi connectivity index (χ1n) is 6.28. The number of aromatic nitrogens is 1. The number of carbonyl (C=O) groups excluding carboxylic acids is 1. The van der Waals surface area contributed by atoms with Crippen LogP contribution in [-0.2, 0) is 4.74 Å². The molecule has 1 aromatic heterocycles. The fourth-order valence-corrected chi connectivity index (χ4v) is 2.29. The Kier molecular flexibility index (Phi) is 3.90. The maximum absolute atomic E-state index is 11.6. The number of nitrogens with two attached hydrogens (primary N) is 1. The molecule has 1 atom stereocenters. The van der Waals surface area contributed by atoms with Gasteiger partial charge in [-0.25, -0.2) is 9.78 Å². The Morgan fingerprint density at radius 3 is 2.89 bits per heavy atom. The first kappa shape index (κ1) is 13.6. The molecule has 2 rings (SSSR count). The second-order valence-corrected chi connectivity index (χ2v) is 4.97. The molecule has 0 bridgehead atoms. The second-order valence-electron chi connectivity index (χ2n) is 4.97. The summed E-state index contributed by atoms with van der Waals surface area (Å²) < 4.78 is 4.72. The number of hydrogen-bond acceptors (Lipinski definition) is 6. The Hall–Kier alpha value is -1.82. The lowest BCUT2D eigenvalue weighted by Crippen LogP contribution is -2.31. The van der Waals surface area contributed by atoms with Crippen molar-refractivity contribution in [2.24, 2.45) is 0 Å². The zero-order valence-corrected chi connectivity index (χ0v) is 11.6. The lowest BCUT2D eigenvalue weighted by atomic mass is 10.2. The highest BCUT2D eigenvalue weighted by Crippen LogP contribution is 2.23. The average Bonchev–Trinajstić information content (AvgIpc) is 2.88. The van der Waals surface area contributed by atoms with E-state index in [4.69, 9.17) is 10.5 Å². The van der Waals surface area contributed by atoms with E-state index in [1.54, 1.807) is 6.07 Å². The molecule has 6 heteroatoms. The number of rotatable bonds is 3. The Morgan fingerprint density at radius 2 is 2.32 bits per heavy atom. The molecule has 1 unspecified atom stereocenters. The minimum atomic E-state index is -0.426. The minimum Gasteiger partial charge on any atom is -0.465 e. The summed E-state index contributed by atoms with van der Waals surface area (Å²) >= 11 is 0. The van der Waals surface area contributed by atoms with Gasteiger partial charge in [0.1, 0.15) is 5.82 Å².